The number of hydrogen-bond donors (Lipinski definition) is 3. The molecule has 0 radical (unpaired) electrons. The van der Waals surface area contributed by atoms with Gasteiger partial charge in [0.2, 0.25) is 5.91 Å². The largest absolute Gasteiger partial charge is 0.398 e. The van der Waals surface area contributed by atoms with Crippen LogP contribution in [-0.4, -0.2) is 17.9 Å². The summed E-state index contributed by atoms with van der Waals surface area (Å²) in [4.78, 5) is 23.3. The Morgan fingerprint density at radius 2 is 1.69 bits per heavy atom. The Labute approximate surface area is 154 Å². The molecule has 0 aliphatic carbocycles. The molecule has 0 aliphatic heterocycles. The van der Waals surface area contributed by atoms with Crippen LogP contribution < -0.4 is 16.8 Å². The number of amides is 2. The van der Waals surface area contributed by atoms with E-state index in [1.165, 1.54) is 0 Å². The predicted octanol–water partition coefficient (Wildman–Crippen LogP) is 2.46. The number of para-hydroxylation sites is 1. The lowest BCUT2D eigenvalue weighted by Gasteiger charge is -2.13. The first-order valence-corrected chi connectivity index (χ1v) is 8.08. The van der Waals surface area contributed by atoms with E-state index in [0.29, 0.717) is 17.7 Å². The molecule has 0 saturated carbocycles. The van der Waals surface area contributed by atoms with Gasteiger partial charge in [0, 0.05) is 22.4 Å². The standard InChI is InChI=1S/C19H19N3O2.C2H4/c1-2-17(18(21)23)22-19(24)15-11-8-13(9-12-15)7-10-14-5-3-4-6-16(14)20;1-2/h3-6,8-9,11-12,17H,2,20H2,1H3,(H2,21,23)(H,22,24);1-2H2. The van der Waals surface area contributed by atoms with Gasteiger partial charge < -0.3 is 16.8 Å². The molecule has 1 atom stereocenters. The lowest BCUT2D eigenvalue weighted by atomic mass is 10.1. The topological polar surface area (TPSA) is 98.2 Å². The Hall–Kier alpha value is -3.52. The highest BCUT2D eigenvalue weighted by Gasteiger charge is 2.16. The molecule has 0 heterocycles. The Bertz CT molecular complexity index is 817. The number of nitrogen functional groups attached to an aromatic ring is 1. The Balaban J connectivity index is 0.00000163. The summed E-state index contributed by atoms with van der Waals surface area (Å²) >= 11 is 0. The molecular formula is C21H23N3O2. The van der Waals surface area contributed by atoms with E-state index in [1.807, 2.05) is 18.2 Å². The molecule has 1 unspecified atom stereocenters. The number of carbonyl (C=O) groups is 2. The van der Waals surface area contributed by atoms with Gasteiger partial charge in [-0.3, -0.25) is 9.59 Å². The van der Waals surface area contributed by atoms with Crippen LogP contribution in [0.4, 0.5) is 5.69 Å². The van der Waals surface area contributed by atoms with Crippen molar-refractivity contribution in [3.8, 4) is 11.8 Å². The summed E-state index contributed by atoms with van der Waals surface area (Å²) in [6.45, 7) is 7.78. The smallest absolute Gasteiger partial charge is 0.251 e. The van der Waals surface area contributed by atoms with Gasteiger partial charge in [0.15, 0.2) is 0 Å². The molecule has 5 heteroatoms. The van der Waals surface area contributed by atoms with Gasteiger partial charge in [-0.25, -0.2) is 0 Å². The van der Waals surface area contributed by atoms with Crippen molar-refractivity contribution in [2.45, 2.75) is 19.4 Å². The van der Waals surface area contributed by atoms with Crippen LogP contribution in [0, 0.1) is 11.8 Å². The number of anilines is 1. The van der Waals surface area contributed by atoms with Crippen LogP contribution in [0.3, 0.4) is 0 Å². The van der Waals surface area contributed by atoms with Crippen molar-refractivity contribution in [2.75, 3.05) is 5.73 Å². The first-order chi connectivity index (χ1) is 12.5. The Kier molecular flexibility index (Phi) is 8.18. The fourth-order valence-corrected chi connectivity index (χ4v) is 2.07. The molecule has 2 aromatic carbocycles. The summed E-state index contributed by atoms with van der Waals surface area (Å²) < 4.78 is 0. The molecule has 0 spiro atoms. The van der Waals surface area contributed by atoms with Crippen molar-refractivity contribution >= 4 is 17.5 Å². The van der Waals surface area contributed by atoms with Crippen LogP contribution in [-0.2, 0) is 4.79 Å². The zero-order chi connectivity index (χ0) is 19.5. The number of nitrogens with one attached hydrogen (secondary N) is 1. The first-order valence-electron chi connectivity index (χ1n) is 8.08. The highest BCUT2D eigenvalue weighted by molar-refractivity contribution is 5.97. The van der Waals surface area contributed by atoms with Crippen molar-refractivity contribution in [3.63, 3.8) is 0 Å². The quantitative estimate of drug-likeness (QED) is 0.449. The number of nitrogens with two attached hydrogens (primary N) is 2. The molecule has 0 aromatic heterocycles. The maximum atomic E-state index is 12.1. The third kappa shape index (κ3) is 5.84. The lowest BCUT2D eigenvalue weighted by Crippen LogP contribution is -2.43. The maximum Gasteiger partial charge on any atom is 0.251 e. The first kappa shape index (κ1) is 20.5. The fourth-order valence-electron chi connectivity index (χ4n) is 2.07. The summed E-state index contributed by atoms with van der Waals surface area (Å²) in [5.41, 5.74) is 13.6. The number of hydrogen-bond acceptors (Lipinski definition) is 3. The van der Waals surface area contributed by atoms with Gasteiger partial charge in [0.05, 0.1) is 0 Å². The van der Waals surface area contributed by atoms with Crippen molar-refractivity contribution < 1.29 is 9.59 Å². The minimum Gasteiger partial charge on any atom is -0.398 e. The van der Waals surface area contributed by atoms with Crippen LogP contribution in [0.25, 0.3) is 0 Å². The van der Waals surface area contributed by atoms with Gasteiger partial charge in [-0.05, 0) is 42.8 Å². The normalized spacial score (nSPS) is 10.3. The molecule has 2 amide bonds. The van der Waals surface area contributed by atoms with Crippen molar-refractivity contribution in [3.05, 3.63) is 78.4 Å². The highest BCUT2D eigenvalue weighted by atomic mass is 16.2. The van der Waals surface area contributed by atoms with E-state index in [4.69, 9.17) is 11.5 Å². The maximum absolute atomic E-state index is 12.1. The second-order valence-corrected chi connectivity index (χ2v) is 5.25. The van der Waals surface area contributed by atoms with E-state index in [1.54, 1.807) is 37.3 Å². The zero-order valence-electron chi connectivity index (χ0n) is 14.8. The summed E-state index contributed by atoms with van der Waals surface area (Å²) in [6.07, 6.45) is 0.448. The van der Waals surface area contributed by atoms with Crippen LogP contribution in [0.1, 0.15) is 34.8 Å². The molecule has 5 N–H and O–H groups in total. The number of primary amides is 1. The molecule has 0 aliphatic rings. The summed E-state index contributed by atoms with van der Waals surface area (Å²) in [6, 6.07) is 13.5. The minimum atomic E-state index is -0.668. The molecule has 5 nitrogen and oxygen atoms in total. The third-order valence-electron chi connectivity index (χ3n) is 3.51. The van der Waals surface area contributed by atoms with E-state index >= 15 is 0 Å². The lowest BCUT2D eigenvalue weighted by molar-refractivity contribution is -0.119. The molecule has 26 heavy (non-hydrogen) atoms. The average Bonchev–Trinajstić information content (AvgIpc) is 2.67. The average molecular weight is 349 g/mol. The van der Waals surface area contributed by atoms with Crippen LogP contribution >= 0.6 is 0 Å². The number of benzene rings is 2. The van der Waals surface area contributed by atoms with Gasteiger partial charge in [-0.2, -0.15) is 0 Å². The van der Waals surface area contributed by atoms with E-state index < -0.39 is 11.9 Å². The van der Waals surface area contributed by atoms with E-state index in [-0.39, 0.29) is 5.91 Å². The predicted molar refractivity (Wildman–Crippen MR) is 105 cm³/mol. The number of rotatable bonds is 4. The van der Waals surface area contributed by atoms with Gasteiger partial charge in [-0.15, -0.1) is 13.2 Å². The molecule has 0 saturated heterocycles. The Morgan fingerprint density at radius 1 is 1.08 bits per heavy atom. The second-order valence-electron chi connectivity index (χ2n) is 5.25. The van der Waals surface area contributed by atoms with Gasteiger partial charge >= 0.3 is 0 Å². The molecule has 0 fully saturated rings. The van der Waals surface area contributed by atoms with Crippen molar-refractivity contribution in [1.29, 1.82) is 0 Å². The zero-order valence-corrected chi connectivity index (χ0v) is 14.8. The molecule has 2 aromatic rings. The summed E-state index contributed by atoms with van der Waals surface area (Å²) in [5, 5.41) is 2.60. The van der Waals surface area contributed by atoms with Gasteiger partial charge in [0.25, 0.3) is 5.91 Å². The van der Waals surface area contributed by atoms with Crippen LogP contribution in [0.5, 0.6) is 0 Å². The number of carbonyl (C=O) groups excluding carboxylic acids is 2. The minimum absolute atomic E-state index is 0.340. The van der Waals surface area contributed by atoms with E-state index in [2.05, 4.69) is 30.3 Å². The molecule has 0 bridgehead atoms. The fraction of sp³-hybridized carbons (Fsp3) is 0.143. The highest BCUT2D eigenvalue weighted by Crippen LogP contribution is 2.09. The van der Waals surface area contributed by atoms with Crippen molar-refractivity contribution in [1.82, 2.24) is 5.32 Å². The van der Waals surface area contributed by atoms with Crippen molar-refractivity contribution in [2.24, 2.45) is 5.73 Å². The van der Waals surface area contributed by atoms with Gasteiger partial charge in [0.1, 0.15) is 6.04 Å². The van der Waals surface area contributed by atoms with Crippen LogP contribution in [0.2, 0.25) is 0 Å². The monoisotopic (exact) mass is 349 g/mol. The molecular weight excluding hydrogens is 326 g/mol. The van der Waals surface area contributed by atoms with Crippen LogP contribution in [0.15, 0.2) is 61.7 Å². The van der Waals surface area contributed by atoms with E-state index in [0.717, 1.165) is 11.1 Å². The third-order valence-corrected chi connectivity index (χ3v) is 3.51. The van der Waals surface area contributed by atoms with E-state index in [9.17, 15) is 9.59 Å². The molecule has 2 rings (SSSR count). The second kappa shape index (κ2) is 10.4. The summed E-state index contributed by atoms with van der Waals surface area (Å²) in [7, 11) is 0. The molecule has 134 valence electrons. The Morgan fingerprint density at radius 3 is 2.23 bits per heavy atom. The van der Waals surface area contributed by atoms with Gasteiger partial charge in [-0.1, -0.05) is 30.9 Å². The summed E-state index contributed by atoms with van der Waals surface area (Å²) in [5.74, 6) is 5.11. The SMILES string of the molecule is C=C.CCC(NC(=O)c1ccc(C#Cc2ccccc2N)cc1)C(N)=O.